The standard InChI is InChI=1S/C58H40N2/c1-3-18-41(19-4-1)49-27-9-10-30-54(49)58-51(43-20-5-2-6-21-43)32-17-35-57(58)59(47-25-15-24-44(40-47)50-31-16-23-42-22-7-8-26-48(42)50)45-36-38-46(39-37-45)60-55-33-13-11-28-52(55)53-29-12-14-34-56(53)60/h1-40H. The monoisotopic (exact) mass is 764 g/mol. The summed E-state index contributed by atoms with van der Waals surface area (Å²) in [6.45, 7) is 0. The number of aromatic nitrogens is 1. The number of hydrogen-bond donors (Lipinski definition) is 0. The number of nitrogens with zero attached hydrogens (tertiary/aromatic N) is 2. The molecule has 0 N–H and O–H groups in total. The average molecular weight is 765 g/mol. The van der Waals surface area contributed by atoms with E-state index in [1.54, 1.807) is 0 Å². The number of hydrogen-bond acceptors (Lipinski definition) is 1. The van der Waals surface area contributed by atoms with Crippen molar-refractivity contribution in [2.75, 3.05) is 4.90 Å². The quantitative estimate of drug-likeness (QED) is 0.150. The fourth-order valence-electron chi connectivity index (χ4n) is 9.11. The zero-order chi connectivity index (χ0) is 39.8. The van der Waals surface area contributed by atoms with E-state index in [2.05, 4.69) is 252 Å². The molecule has 11 aromatic rings. The Bertz CT molecular complexity index is 3250. The highest BCUT2D eigenvalue weighted by Gasteiger charge is 2.23. The molecule has 2 heteroatoms. The van der Waals surface area contributed by atoms with Crippen molar-refractivity contribution in [1.29, 1.82) is 0 Å². The Hall–Kier alpha value is -7.94. The van der Waals surface area contributed by atoms with Gasteiger partial charge >= 0.3 is 0 Å². The second kappa shape index (κ2) is 15.1. The van der Waals surface area contributed by atoms with Crippen LogP contribution in [-0.4, -0.2) is 4.57 Å². The molecule has 10 aromatic carbocycles. The van der Waals surface area contributed by atoms with Crippen molar-refractivity contribution in [1.82, 2.24) is 4.57 Å². The fraction of sp³-hybridized carbons (Fsp3) is 0. The molecule has 0 aliphatic rings. The van der Waals surface area contributed by atoms with Crippen LogP contribution in [0, 0.1) is 0 Å². The first-order valence-corrected chi connectivity index (χ1v) is 20.6. The minimum Gasteiger partial charge on any atom is -0.310 e. The molecule has 0 aliphatic carbocycles. The number of anilines is 3. The second-order valence-corrected chi connectivity index (χ2v) is 15.3. The smallest absolute Gasteiger partial charge is 0.0546 e. The lowest BCUT2D eigenvalue weighted by Gasteiger charge is -2.30. The topological polar surface area (TPSA) is 8.17 Å². The van der Waals surface area contributed by atoms with E-state index in [4.69, 9.17) is 0 Å². The Morgan fingerprint density at radius 2 is 0.800 bits per heavy atom. The van der Waals surface area contributed by atoms with Crippen LogP contribution in [0.4, 0.5) is 17.1 Å². The van der Waals surface area contributed by atoms with Gasteiger partial charge in [0.25, 0.3) is 0 Å². The van der Waals surface area contributed by atoms with E-state index >= 15 is 0 Å². The Balaban J connectivity index is 1.17. The van der Waals surface area contributed by atoms with Crippen molar-refractivity contribution in [2.24, 2.45) is 0 Å². The van der Waals surface area contributed by atoms with E-state index in [1.165, 1.54) is 77.1 Å². The molecule has 0 saturated heterocycles. The van der Waals surface area contributed by atoms with Crippen molar-refractivity contribution in [3.8, 4) is 50.2 Å². The van der Waals surface area contributed by atoms with Crippen LogP contribution in [0.1, 0.15) is 0 Å². The van der Waals surface area contributed by atoms with Crippen LogP contribution in [0.5, 0.6) is 0 Å². The highest BCUT2D eigenvalue weighted by atomic mass is 15.1. The predicted molar refractivity (Wildman–Crippen MR) is 255 cm³/mol. The zero-order valence-electron chi connectivity index (χ0n) is 33.0. The van der Waals surface area contributed by atoms with Gasteiger partial charge in [0, 0.05) is 33.4 Å². The molecule has 0 amide bonds. The molecule has 0 unspecified atom stereocenters. The highest BCUT2D eigenvalue weighted by molar-refractivity contribution is 6.09. The summed E-state index contributed by atoms with van der Waals surface area (Å²) in [5, 5.41) is 4.98. The summed E-state index contributed by atoms with van der Waals surface area (Å²) in [6.07, 6.45) is 0. The highest BCUT2D eigenvalue weighted by Crippen LogP contribution is 2.48. The van der Waals surface area contributed by atoms with E-state index in [0.717, 1.165) is 22.7 Å². The van der Waals surface area contributed by atoms with Crippen molar-refractivity contribution < 1.29 is 0 Å². The second-order valence-electron chi connectivity index (χ2n) is 15.3. The first-order chi connectivity index (χ1) is 29.8. The van der Waals surface area contributed by atoms with Crippen molar-refractivity contribution >= 4 is 49.6 Å². The van der Waals surface area contributed by atoms with Crippen LogP contribution < -0.4 is 4.90 Å². The molecule has 2 nitrogen and oxygen atoms in total. The van der Waals surface area contributed by atoms with Crippen LogP contribution in [-0.2, 0) is 0 Å². The number of para-hydroxylation sites is 2. The maximum Gasteiger partial charge on any atom is 0.0546 e. The van der Waals surface area contributed by atoms with Gasteiger partial charge in [0.1, 0.15) is 0 Å². The third-order valence-corrected chi connectivity index (χ3v) is 11.8. The molecule has 0 fully saturated rings. The largest absolute Gasteiger partial charge is 0.310 e. The van der Waals surface area contributed by atoms with Gasteiger partial charge in [-0.1, -0.05) is 188 Å². The van der Waals surface area contributed by atoms with E-state index in [9.17, 15) is 0 Å². The lowest BCUT2D eigenvalue weighted by Crippen LogP contribution is -2.12. The molecular formula is C58H40N2. The third kappa shape index (κ3) is 6.14. The molecule has 282 valence electrons. The van der Waals surface area contributed by atoms with Gasteiger partial charge in [-0.05, 0) is 104 Å². The Morgan fingerprint density at radius 3 is 1.52 bits per heavy atom. The maximum atomic E-state index is 2.45. The Kier molecular flexibility index (Phi) is 8.87. The van der Waals surface area contributed by atoms with Crippen molar-refractivity contribution in [3.63, 3.8) is 0 Å². The van der Waals surface area contributed by atoms with Gasteiger partial charge in [-0.3, -0.25) is 0 Å². The molecule has 11 rings (SSSR count). The molecule has 1 aromatic heterocycles. The normalized spacial score (nSPS) is 11.3. The van der Waals surface area contributed by atoms with Crippen molar-refractivity contribution in [3.05, 3.63) is 243 Å². The average Bonchev–Trinajstić information content (AvgIpc) is 3.67. The minimum absolute atomic E-state index is 1.07. The summed E-state index contributed by atoms with van der Waals surface area (Å²) in [5.74, 6) is 0. The first kappa shape index (κ1) is 35.2. The summed E-state index contributed by atoms with van der Waals surface area (Å²) < 4.78 is 2.39. The van der Waals surface area contributed by atoms with Gasteiger partial charge in [-0.25, -0.2) is 0 Å². The maximum absolute atomic E-state index is 2.45. The lowest BCUT2D eigenvalue weighted by atomic mass is 9.87. The van der Waals surface area contributed by atoms with Crippen LogP contribution in [0.3, 0.4) is 0 Å². The van der Waals surface area contributed by atoms with Gasteiger partial charge in [0.2, 0.25) is 0 Å². The number of fused-ring (bicyclic) bond motifs is 4. The molecule has 0 atom stereocenters. The van der Waals surface area contributed by atoms with Gasteiger partial charge in [-0.2, -0.15) is 0 Å². The summed E-state index contributed by atoms with van der Waals surface area (Å²) in [5.41, 5.74) is 16.2. The molecule has 0 spiro atoms. The predicted octanol–water partition coefficient (Wildman–Crippen LogP) is 16.1. The van der Waals surface area contributed by atoms with Crippen LogP contribution in [0.15, 0.2) is 243 Å². The first-order valence-electron chi connectivity index (χ1n) is 20.6. The van der Waals surface area contributed by atoms with Crippen LogP contribution >= 0.6 is 0 Å². The van der Waals surface area contributed by atoms with E-state index in [1.807, 2.05) is 0 Å². The summed E-state index contributed by atoms with van der Waals surface area (Å²) in [6, 6.07) is 88.0. The van der Waals surface area contributed by atoms with E-state index in [-0.39, 0.29) is 0 Å². The Morgan fingerprint density at radius 1 is 0.300 bits per heavy atom. The SMILES string of the molecule is c1ccc(-c2ccccc2-c2c(-c3ccccc3)cccc2N(c2ccc(-n3c4ccccc4c4ccccc43)cc2)c2cccc(-c3cccc4ccccc34)c2)cc1. The van der Waals surface area contributed by atoms with Gasteiger partial charge in [-0.15, -0.1) is 0 Å². The molecular weight excluding hydrogens is 725 g/mol. The number of rotatable bonds is 8. The zero-order valence-corrected chi connectivity index (χ0v) is 33.0. The van der Waals surface area contributed by atoms with Gasteiger partial charge < -0.3 is 9.47 Å². The minimum atomic E-state index is 1.07. The molecule has 60 heavy (non-hydrogen) atoms. The van der Waals surface area contributed by atoms with Gasteiger partial charge in [0.05, 0.1) is 16.7 Å². The van der Waals surface area contributed by atoms with E-state index < -0.39 is 0 Å². The number of benzene rings is 10. The molecule has 0 aliphatic heterocycles. The van der Waals surface area contributed by atoms with Crippen molar-refractivity contribution in [2.45, 2.75) is 0 Å². The van der Waals surface area contributed by atoms with Crippen LogP contribution in [0.25, 0.3) is 82.8 Å². The fourth-order valence-corrected chi connectivity index (χ4v) is 9.11. The molecule has 0 saturated carbocycles. The Labute approximate surface area is 350 Å². The molecule has 0 radical (unpaired) electrons. The van der Waals surface area contributed by atoms with Gasteiger partial charge in [0.15, 0.2) is 0 Å². The summed E-state index contributed by atoms with van der Waals surface area (Å²) in [4.78, 5) is 2.45. The van der Waals surface area contributed by atoms with E-state index in [0.29, 0.717) is 0 Å². The summed E-state index contributed by atoms with van der Waals surface area (Å²) >= 11 is 0. The lowest BCUT2D eigenvalue weighted by molar-refractivity contribution is 1.17. The van der Waals surface area contributed by atoms with Crippen LogP contribution in [0.2, 0.25) is 0 Å². The molecule has 1 heterocycles. The summed E-state index contributed by atoms with van der Waals surface area (Å²) in [7, 11) is 0. The third-order valence-electron chi connectivity index (χ3n) is 11.8. The molecule has 0 bridgehead atoms.